The molecular formula is C13H15BrN4O3S. The highest BCUT2D eigenvalue weighted by molar-refractivity contribution is 9.10. The summed E-state index contributed by atoms with van der Waals surface area (Å²) < 4.78 is 27.5. The van der Waals surface area contributed by atoms with Gasteiger partial charge in [0.25, 0.3) is 0 Å². The number of H-pyrrole nitrogens is 1. The van der Waals surface area contributed by atoms with E-state index in [9.17, 15) is 13.2 Å². The number of aromatic amines is 1. The topological polar surface area (TPSA) is 104 Å². The average Bonchev–Trinajstić information content (AvgIpc) is 2.77. The SMILES string of the molecule is Cc1n[nH]c(C)c1S(=O)(=O)NCC(=O)Nc1cccc(Br)c1. The molecule has 0 atom stereocenters. The van der Waals surface area contributed by atoms with Crippen molar-refractivity contribution in [3.8, 4) is 0 Å². The second kappa shape index (κ2) is 6.59. The van der Waals surface area contributed by atoms with Crippen LogP contribution in [0.15, 0.2) is 33.6 Å². The maximum absolute atomic E-state index is 12.2. The third-order valence-corrected chi connectivity index (χ3v) is 5.02. The number of nitrogens with one attached hydrogen (secondary N) is 3. The van der Waals surface area contributed by atoms with Gasteiger partial charge in [0.15, 0.2) is 0 Å². The molecule has 2 aromatic rings. The second-order valence-corrected chi connectivity index (χ2v) is 7.27. The molecule has 22 heavy (non-hydrogen) atoms. The predicted molar refractivity (Wildman–Crippen MR) is 86.0 cm³/mol. The summed E-state index contributed by atoms with van der Waals surface area (Å²) in [7, 11) is -3.79. The number of anilines is 1. The molecule has 118 valence electrons. The lowest BCUT2D eigenvalue weighted by Crippen LogP contribution is -2.33. The van der Waals surface area contributed by atoms with Crippen LogP contribution in [0.2, 0.25) is 0 Å². The minimum Gasteiger partial charge on any atom is -0.325 e. The first kappa shape index (κ1) is 16.7. The molecule has 1 amide bonds. The van der Waals surface area contributed by atoms with Crippen LogP contribution in [-0.4, -0.2) is 31.1 Å². The second-order valence-electron chi connectivity index (χ2n) is 4.65. The number of rotatable bonds is 5. The molecule has 0 unspecified atom stereocenters. The summed E-state index contributed by atoms with van der Waals surface area (Å²) in [6, 6.07) is 7.02. The van der Waals surface area contributed by atoms with Gasteiger partial charge in [0.2, 0.25) is 15.9 Å². The lowest BCUT2D eigenvalue weighted by molar-refractivity contribution is -0.115. The molecule has 0 aliphatic heterocycles. The first-order valence-corrected chi connectivity index (χ1v) is 8.64. The summed E-state index contributed by atoms with van der Waals surface area (Å²) in [5, 5.41) is 9.05. The third kappa shape index (κ3) is 3.93. The summed E-state index contributed by atoms with van der Waals surface area (Å²) in [6.07, 6.45) is 0. The quantitative estimate of drug-likeness (QED) is 0.727. The molecule has 1 heterocycles. The van der Waals surface area contributed by atoms with E-state index < -0.39 is 15.9 Å². The number of nitrogens with zero attached hydrogens (tertiary/aromatic N) is 1. The number of amides is 1. The molecule has 0 saturated heterocycles. The Morgan fingerprint density at radius 2 is 2.09 bits per heavy atom. The number of hydrogen-bond acceptors (Lipinski definition) is 4. The highest BCUT2D eigenvalue weighted by Crippen LogP contribution is 2.17. The van der Waals surface area contributed by atoms with Crippen molar-refractivity contribution in [2.24, 2.45) is 0 Å². The molecule has 2 rings (SSSR count). The Balaban J connectivity index is 2.02. The maximum atomic E-state index is 12.2. The van der Waals surface area contributed by atoms with Gasteiger partial charge in [-0.1, -0.05) is 22.0 Å². The van der Waals surface area contributed by atoms with E-state index in [0.29, 0.717) is 17.1 Å². The zero-order valence-corrected chi connectivity index (χ0v) is 14.4. The van der Waals surface area contributed by atoms with Gasteiger partial charge < -0.3 is 5.32 Å². The van der Waals surface area contributed by atoms with Gasteiger partial charge in [-0.3, -0.25) is 9.89 Å². The molecule has 0 spiro atoms. The highest BCUT2D eigenvalue weighted by Gasteiger charge is 2.22. The summed E-state index contributed by atoms with van der Waals surface area (Å²) in [5.74, 6) is -0.458. The van der Waals surface area contributed by atoms with Crippen LogP contribution < -0.4 is 10.0 Å². The van der Waals surface area contributed by atoms with Gasteiger partial charge in [-0.15, -0.1) is 0 Å². The van der Waals surface area contributed by atoms with E-state index in [1.165, 1.54) is 0 Å². The molecule has 0 saturated carbocycles. The van der Waals surface area contributed by atoms with Crippen LogP contribution in [0.25, 0.3) is 0 Å². The molecule has 0 fully saturated rings. The van der Waals surface area contributed by atoms with E-state index in [0.717, 1.165) is 4.47 Å². The van der Waals surface area contributed by atoms with E-state index >= 15 is 0 Å². The molecular weight excluding hydrogens is 372 g/mol. The smallest absolute Gasteiger partial charge is 0.244 e. The molecule has 0 aliphatic carbocycles. The lowest BCUT2D eigenvalue weighted by atomic mass is 10.3. The number of hydrogen-bond donors (Lipinski definition) is 3. The molecule has 1 aromatic heterocycles. The number of carbonyl (C=O) groups is 1. The van der Waals surface area contributed by atoms with E-state index in [4.69, 9.17) is 0 Å². The van der Waals surface area contributed by atoms with Gasteiger partial charge in [0.1, 0.15) is 4.90 Å². The normalized spacial score (nSPS) is 11.4. The number of sulfonamides is 1. The Morgan fingerprint density at radius 1 is 1.36 bits per heavy atom. The van der Waals surface area contributed by atoms with Crippen molar-refractivity contribution in [1.82, 2.24) is 14.9 Å². The minimum absolute atomic E-state index is 0.0720. The van der Waals surface area contributed by atoms with Crippen molar-refractivity contribution < 1.29 is 13.2 Å². The maximum Gasteiger partial charge on any atom is 0.244 e. The molecule has 7 nitrogen and oxygen atoms in total. The van der Waals surface area contributed by atoms with Crippen LogP contribution in [0, 0.1) is 13.8 Å². The van der Waals surface area contributed by atoms with Crippen LogP contribution in [0.3, 0.4) is 0 Å². The monoisotopic (exact) mass is 386 g/mol. The first-order valence-electron chi connectivity index (χ1n) is 6.36. The largest absolute Gasteiger partial charge is 0.325 e. The number of halogens is 1. The standard InChI is InChI=1S/C13H15BrN4O3S/c1-8-13(9(2)18-17-8)22(20,21)15-7-12(19)16-11-5-3-4-10(14)6-11/h3-6,15H,7H2,1-2H3,(H,16,19)(H,17,18). The Kier molecular flexibility index (Phi) is 4.99. The van der Waals surface area contributed by atoms with Crippen molar-refractivity contribution in [2.45, 2.75) is 18.7 Å². The summed E-state index contributed by atoms with van der Waals surface area (Å²) in [4.78, 5) is 11.9. The fourth-order valence-electron chi connectivity index (χ4n) is 1.94. The summed E-state index contributed by atoms with van der Waals surface area (Å²) in [5.41, 5.74) is 1.36. The Morgan fingerprint density at radius 3 is 2.68 bits per heavy atom. The van der Waals surface area contributed by atoms with E-state index in [1.54, 1.807) is 32.0 Å². The van der Waals surface area contributed by atoms with Crippen molar-refractivity contribution >= 4 is 37.5 Å². The fourth-order valence-corrected chi connectivity index (χ4v) is 3.69. The third-order valence-electron chi connectivity index (χ3n) is 2.86. The molecule has 0 radical (unpaired) electrons. The number of benzene rings is 1. The summed E-state index contributed by atoms with van der Waals surface area (Å²) >= 11 is 3.29. The number of carbonyl (C=O) groups excluding carboxylic acids is 1. The van der Waals surface area contributed by atoms with Crippen molar-refractivity contribution in [3.63, 3.8) is 0 Å². The van der Waals surface area contributed by atoms with E-state index in [2.05, 4.69) is 36.2 Å². The zero-order valence-electron chi connectivity index (χ0n) is 12.0. The van der Waals surface area contributed by atoms with Gasteiger partial charge >= 0.3 is 0 Å². The predicted octanol–water partition coefficient (Wildman–Crippen LogP) is 1.71. The lowest BCUT2D eigenvalue weighted by Gasteiger charge is -2.08. The van der Waals surface area contributed by atoms with Crippen LogP contribution in [0.5, 0.6) is 0 Å². The van der Waals surface area contributed by atoms with Crippen LogP contribution in [-0.2, 0) is 14.8 Å². The van der Waals surface area contributed by atoms with Crippen LogP contribution >= 0.6 is 15.9 Å². The van der Waals surface area contributed by atoms with E-state index in [1.807, 2.05) is 6.07 Å². The van der Waals surface area contributed by atoms with Gasteiger partial charge in [-0.05, 0) is 32.0 Å². The minimum atomic E-state index is -3.79. The first-order chi connectivity index (χ1) is 10.3. The van der Waals surface area contributed by atoms with Crippen LogP contribution in [0.4, 0.5) is 5.69 Å². The Bertz CT molecular complexity index is 782. The Labute approximate surface area is 136 Å². The molecule has 3 N–H and O–H groups in total. The molecule has 1 aromatic carbocycles. The number of aromatic nitrogens is 2. The zero-order chi connectivity index (χ0) is 16.3. The molecule has 9 heteroatoms. The van der Waals surface area contributed by atoms with Gasteiger partial charge in [0.05, 0.1) is 17.9 Å². The van der Waals surface area contributed by atoms with Crippen LogP contribution in [0.1, 0.15) is 11.4 Å². The Hall–Kier alpha value is -1.71. The van der Waals surface area contributed by atoms with Gasteiger partial charge in [-0.25, -0.2) is 13.1 Å². The summed E-state index contributed by atoms with van der Waals surface area (Å²) in [6.45, 7) is 2.83. The van der Waals surface area contributed by atoms with Crippen molar-refractivity contribution in [3.05, 3.63) is 40.1 Å². The highest BCUT2D eigenvalue weighted by atomic mass is 79.9. The van der Waals surface area contributed by atoms with Gasteiger partial charge in [0, 0.05) is 10.2 Å². The van der Waals surface area contributed by atoms with Gasteiger partial charge in [-0.2, -0.15) is 5.10 Å². The average molecular weight is 387 g/mol. The fraction of sp³-hybridized carbons (Fsp3) is 0.231. The molecule has 0 bridgehead atoms. The van der Waals surface area contributed by atoms with E-state index in [-0.39, 0.29) is 11.4 Å². The van der Waals surface area contributed by atoms with Crippen molar-refractivity contribution in [2.75, 3.05) is 11.9 Å². The number of aryl methyl sites for hydroxylation is 2. The van der Waals surface area contributed by atoms with Crippen molar-refractivity contribution in [1.29, 1.82) is 0 Å². The molecule has 0 aliphatic rings.